The lowest BCUT2D eigenvalue weighted by atomic mass is 10.1. The Morgan fingerprint density at radius 1 is 1.21 bits per heavy atom. The second-order valence-electron chi connectivity index (χ2n) is 5.19. The maximum atomic E-state index is 10.4. The number of H-pyrrole nitrogens is 1. The summed E-state index contributed by atoms with van der Waals surface area (Å²) in [5.74, 6) is 0. The molecule has 19 heavy (non-hydrogen) atoms. The second-order valence-corrected chi connectivity index (χ2v) is 5.19. The molecule has 0 bridgehead atoms. The summed E-state index contributed by atoms with van der Waals surface area (Å²) < 4.78 is 0. The van der Waals surface area contributed by atoms with Crippen LogP contribution in [0.4, 0.5) is 0 Å². The van der Waals surface area contributed by atoms with Crippen LogP contribution in [0.3, 0.4) is 0 Å². The summed E-state index contributed by atoms with van der Waals surface area (Å²) in [4.78, 5) is 5.63. The third kappa shape index (κ3) is 2.81. The van der Waals surface area contributed by atoms with Crippen molar-refractivity contribution in [2.75, 3.05) is 32.7 Å². The second kappa shape index (κ2) is 5.74. The molecule has 2 aromatic rings. The highest BCUT2D eigenvalue weighted by Gasteiger charge is 2.15. The predicted molar refractivity (Wildman–Crippen MR) is 77.2 cm³/mol. The number of aromatic nitrogens is 1. The van der Waals surface area contributed by atoms with Crippen LogP contribution in [-0.2, 0) is 0 Å². The first-order valence-corrected chi connectivity index (χ1v) is 7.02. The lowest BCUT2D eigenvalue weighted by Crippen LogP contribution is -2.44. The Bertz CT molecular complexity index is 531. The molecule has 102 valence electrons. The minimum atomic E-state index is -0.383. The van der Waals surface area contributed by atoms with Crippen LogP contribution in [0.1, 0.15) is 18.1 Å². The van der Waals surface area contributed by atoms with Gasteiger partial charge in [0.15, 0.2) is 0 Å². The van der Waals surface area contributed by atoms with Crippen LogP contribution in [0.25, 0.3) is 10.9 Å². The highest BCUT2D eigenvalue weighted by molar-refractivity contribution is 5.83. The van der Waals surface area contributed by atoms with Gasteiger partial charge < -0.3 is 20.3 Å². The molecule has 1 aromatic carbocycles. The molecular weight excluding hydrogens is 238 g/mol. The van der Waals surface area contributed by atoms with E-state index in [-0.39, 0.29) is 6.10 Å². The number of benzene rings is 1. The molecule has 1 fully saturated rings. The SMILES string of the molecule is OC(CCN1CCNCC1)c1c[nH]c2ccccc12. The van der Waals surface area contributed by atoms with Crippen molar-refractivity contribution in [3.8, 4) is 0 Å². The zero-order chi connectivity index (χ0) is 13.1. The van der Waals surface area contributed by atoms with Gasteiger partial charge in [-0.1, -0.05) is 18.2 Å². The van der Waals surface area contributed by atoms with Crippen molar-refractivity contribution in [1.29, 1.82) is 0 Å². The third-order valence-corrected chi connectivity index (χ3v) is 3.91. The van der Waals surface area contributed by atoms with E-state index in [1.165, 1.54) is 0 Å². The monoisotopic (exact) mass is 259 g/mol. The first-order chi connectivity index (χ1) is 9.34. The molecule has 1 saturated heterocycles. The van der Waals surface area contributed by atoms with E-state index in [1.807, 2.05) is 24.4 Å². The Morgan fingerprint density at radius 3 is 2.84 bits per heavy atom. The highest BCUT2D eigenvalue weighted by atomic mass is 16.3. The molecule has 1 unspecified atom stereocenters. The molecule has 4 nitrogen and oxygen atoms in total. The zero-order valence-electron chi connectivity index (χ0n) is 11.1. The number of piperazine rings is 1. The molecule has 4 heteroatoms. The normalized spacial score (nSPS) is 18.8. The third-order valence-electron chi connectivity index (χ3n) is 3.91. The van der Waals surface area contributed by atoms with Crippen LogP contribution in [0, 0.1) is 0 Å². The summed E-state index contributed by atoms with van der Waals surface area (Å²) >= 11 is 0. The van der Waals surface area contributed by atoms with Crippen LogP contribution < -0.4 is 5.32 Å². The van der Waals surface area contributed by atoms with Gasteiger partial charge in [-0.25, -0.2) is 0 Å². The van der Waals surface area contributed by atoms with E-state index >= 15 is 0 Å². The Hall–Kier alpha value is -1.36. The number of para-hydroxylation sites is 1. The van der Waals surface area contributed by atoms with Crippen molar-refractivity contribution in [3.05, 3.63) is 36.0 Å². The van der Waals surface area contributed by atoms with Gasteiger partial charge >= 0.3 is 0 Å². The number of fused-ring (bicyclic) bond motifs is 1. The van der Waals surface area contributed by atoms with Crippen molar-refractivity contribution in [3.63, 3.8) is 0 Å². The molecule has 1 aliphatic heterocycles. The molecule has 2 heterocycles. The smallest absolute Gasteiger partial charge is 0.0822 e. The van der Waals surface area contributed by atoms with Crippen LogP contribution in [0.5, 0.6) is 0 Å². The van der Waals surface area contributed by atoms with E-state index in [0.717, 1.165) is 55.6 Å². The molecule has 1 aromatic heterocycles. The number of nitrogens with one attached hydrogen (secondary N) is 2. The first kappa shape index (κ1) is 12.7. The molecule has 1 atom stereocenters. The number of nitrogens with zero attached hydrogens (tertiary/aromatic N) is 1. The molecule has 0 radical (unpaired) electrons. The van der Waals surface area contributed by atoms with Crippen molar-refractivity contribution < 1.29 is 5.11 Å². The number of hydrogen-bond donors (Lipinski definition) is 3. The van der Waals surface area contributed by atoms with Gasteiger partial charge in [-0.3, -0.25) is 0 Å². The summed E-state index contributed by atoms with van der Waals surface area (Å²) in [5, 5.41) is 14.9. The average molecular weight is 259 g/mol. The average Bonchev–Trinajstić information content (AvgIpc) is 2.90. The van der Waals surface area contributed by atoms with Gasteiger partial charge in [0.2, 0.25) is 0 Å². The standard InChI is InChI=1S/C15H21N3O/c19-15(5-8-18-9-6-16-7-10-18)13-11-17-14-4-2-1-3-12(13)14/h1-4,11,15-17,19H,5-10H2. The number of aliphatic hydroxyl groups excluding tert-OH is 1. The number of rotatable bonds is 4. The lowest BCUT2D eigenvalue weighted by Gasteiger charge is -2.27. The Labute approximate surface area is 113 Å². The van der Waals surface area contributed by atoms with Crippen molar-refractivity contribution in [2.45, 2.75) is 12.5 Å². The number of hydrogen-bond acceptors (Lipinski definition) is 3. The fourth-order valence-corrected chi connectivity index (χ4v) is 2.76. The first-order valence-electron chi connectivity index (χ1n) is 7.02. The van der Waals surface area contributed by atoms with Gasteiger partial charge in [0.1, 0.15) is 0 Å². The molecular formula is C15H21N3O. The van der Waals surface area contributed by atoms with E-state index in [9.17, 15) is 5.11 Å². The Kier molecular flexibility index (Phi) is 3.82. The van der Waals surface area contributed by atoms with E-state index in [4.69, 9.17) is 0 Å². The molecule has 0 amide bonds. The summed E-state index contributed by atoms with van der Waals surface area (Å²) in [5.41, 5.74) is 2.12. The molecule has 0 aliphatic carbocycles. The van der Waals surface area contributed by atoms with Crippen LogP contribution in [-0.4, -0.2) is 47.7 Å². The number of aliphatic hydroxyl groups is 1. The van der Waals surface area contributed by atoms with E-state index < -0.39 is 0 Å². The summed E-state index contributed by atoms with van der Waals surface area (Å²) in [7, 11) is 0. The Morgan fingerprint density at radius 2 is 2.00 bits per heavy atom. The van der Waals surface area contributed by atoms with E-state index in [0.29, 0.717) is 0 Å². The molecule has 3 rings (SSSR count). The molecule has 1 aliphatic rings. The van der Waals surface area contributed by atoms with Gasteiger partial charge in [0, 0.05) is 55.4 Å². The van der Waals surface area contributed by atoms with Gasteiger partial charge in [0.05, 0.1) is 6.10 Å². The maximum absolute atomic E-state index is 10.4. The van der Waals surface area contributed by atoms with Crippen LogP contribution >= 0.6 is 0 Å². The quantitative estimate of drug-likeness (QED) is 0.780. The summed E-state index contributed by atoms with van der Waals surface area (Å²) in [6, 6.07) is 8.13. The Balaban J connectivity index is 1.64. The zero-order valence-corrected chi connectivity index (χ0v) is 11.1. The van der Waals surface area contributed by atoms with Crippen molar-refractivity contribution >= 4 is 10.9 Å². The lowest BCUT2D eigenvalue weighted by molar-refractivity contribution is 0.138. The molecule has 3 N–H and O–H groups in total. The fourth-order valence-electron chi connectivity index (χ4n) is 2.76. The van der Waals surface area contributed by atoms with Gasteiger partial charge in [-0.05, 0) is 12.5 Å². The van der Waals surface area contributed by atoms with Crippen molar-refractivity contribution in [1.82, 2.24) is 15.2 Å². The van der Waals surface area contributed by atoms with E-state index in [1.54, 1.807) is 0 Å². The fraction of sp³-hybridized carbons (Fsp3) is 0.467. The van der Waals surface area contributed by atoms with Gasteiger partial charge in [-0.15, -0.1) is 0 Å². The van der Waals surface area contributed by atoms with Crippen molar-refractivity contribution in [2.24, 2.45) is 0 Å². The summed E-state index contributed by atoms with van der Waals surface area (Å²) in [6.45, 7) is 5.25. The number of aromatic amines is 1. The minimum Gasteiger partial charge on any atom is -0.388 e. The predicted octanol–water partition coefficient (Wildman–Crippen LogP) is 1.50. The van der Waals surface area contributed by atoms with E-state index in [2.05, 4.69) is 21.3 Å². The molecule has 0 saturated carbocycles. The summed E-state index contributed by atoms with van der Waals surface area (Å²) in [6.07, 6.45) is 2.35. The topological polar surface area (TPSA) is 51.3 Å². The molecule has 0 spiro atoms. The van der Waals surface area contributed by atoms with Crippen LogP contribution in [0.15, 0.2) is 30.5 Å². The largest absolute Gasteiger partial charge is 0.388 e. The maximum Gasteiger partial charge on any atom is 0.0822 e. The minimum absolute atomic E-state index is 0.383. The van der Waals surface area contributed by atoms with Crippen LogP contribution in [0.2, 0.25) is 0 Å². The van der Waals surface area contributed by atoms with Gasteiger partial charge in [0.25, 0.3) is 0 Å². The highest BCUT2D eigenvalue weighted by Crippen LogP contribution is 2.26. The van der Waals surface area contributed by atoms with Gasteiger partial charge in [-0.2, -0.15) is 0 Å².